The van der Waals surface area contributed by atoms with Crippen molar-refractivity contribution in [3.63, 3.8) is 0 Å². The van der Waals surface area contributed by atoms with Gasteiger partial charge in [-0.2, -0.15) is 13.2 Å². The molecule has 1 aliphatic heterocycles. The summed E-state index contributed by atoms with van der Waals surface area (Å²) in [6.07, 6.45) is -6.64. The Morgan fingerprint density at radius 1 is 1.22 bits per heavy atom. The molecule has 176 valence electrons. The van der Waals surface area contributed by atoms with E-state index >= 15 is 0 Å². The van der Waals surface area contributed by atoms with Crippen molar-refractivity contribution in [3.8, 4) is 5.88 Å². The molecular weight excluding hydrogens is 451 g/mol. The Labute approximate surface area is 186 Å². The average molecular weight is 475 g/mol. The Morgan fingerprint density at radius 3 is 2.44 bits per heavy atom. The molecule has 1 fully saturated rings. The summed E-state index contributed by atoms with van der Waals surface area (Å²) in [5.74, 6) is -0.868. The number of halogens is 3. The molecule has 2 aromatic heterocycles. The Hall–Kier alpha value is -2.60. The summed E-state index contributed by atoms with van der Waals surface area (Å²) in [7, 11) is 2.80. The van der Waals surface area contributed by atoms with Crippen molar-refractivity contribution in [2.45, 2.75) is 44.8 Å². The lowest BCUT2D eigenvalue weighted by atomic mass is 10.2. The van der Waals surface area contributed by atoms with Gasteiger partial charge in [-0.05, 0) is 20.8 Å². The molecule has 1 aliphatic rings. The number of rotatable bonds is 4. The van der Waals surface area contributed by atoms with Crippen molar-refractivity contribution in [1.82, 2.24) is 15.2 Å². The van der Waals surface area contributed by atoms with Gasteiger partial charge in [0.15, 0.2) is 0 Å². The number of carbonyl (C=O) groups excluding carboxylic acids is 2. The summed E-state index contributed by atoms with van der Waals surface area (Å²) in [5.41, 5.74) is -1.74. The van der Waals surface area contributed by atoms with Crippen LogP contribution in [0.3, 0.4) is 0 Å². The van der Waals surface area contributed by atoms with Crippen LogP contribution in [0.1, 0.15) is 36.7 Å². The Balaban J connectivity index is 1.93. The fourth-order valence-electron chi connectivity index (χ4n) is 3.27. The summed E-state index contributed by atoms with van der Waals surface area (Å²) in [4.78, 5) is 30.0. The number of alkyl halides is 3. The van der Waals surface area contributed by atoms with Crippen molar-refractivity contribution in [3.05, 3.63) is 22.6 Å². The summed E-state index contributed by atoms with van der Waals surface area (Å²) < 4.78 is 57.4. The van der Waals surface area contributed by atoms with E-state index in [-0.39, 0.29) is 34.7 Å². The van der Waals surface area contributed by atoms with E-state index in [1.807, 2.05) is 0 Å². The maximum Gasteiger partial charge on any atom is 0.418 e. The number of carbonyl (C=O) groups is 2. The number of pyridine rings is 1. The topological polar surface area (TPSA) is 90.0 Å². The highest BCUT2D eigenvalue weighted by atomic mass is 32.1. The number of methoxy groups -OCH3 is 1. The molecule has 0 aromatic carbocycles. The van der Waals surface area contributed by atoms with Gasteiger partial charge in [-0.1, -0.05) is 0 Å². The minimum atomic E-state index is -4.68. The smallest absolute Gasteiger partial charge is 0.418 e. The fraction of sp³-hybridized carbons (Fsp3) is 0.550. The molecular formula is C20H24F3N3O5S. The standard InChI is InChI=1S/C20H24F3N3O5S/c1-19(2,3)31-18(28)26-7-12(29-5)13(8-26)30-14-6-11(20(21,22)23)16-15(25-14)10(9-32-16)17(27)24-4/h6,9,12-13H,7-8H2,1-5H3,(H,24,27)/t12-,13-/m1/s1. The highest BCUT2D eigenvalue weighted by molar-refractivity contribution is 7.17. The highest BCUT2D eigenvalue weighted by Gasteiger charge is 2.40. The molecule has 0 radical (unpaired) electrons. The Kier molecular flexibility index (Phi) is 6.57. The normalized spacial score (nSPS) is 19.3. The second-order valence-corrected chi connectivity index (χ2v) is 9.11. The zero-order valence-corrected chi connectivity index (χ0v) is 19.0. The number of ether oxygens (including phenoxy) is 3. The first kappa shape index (κ1) is 24.1. The van der Waals surface area contributed by atoms with Crippen LogP contribution >= 0.6 is 11.3 Å². The minimum absolute atomic E-state index is 0.0218. The number of amides is 2. The molecule has 3 rings (SSSR count). The summed E-state index contributed by atoms with van der Waals surface area (Å²) >= 11 is 0.784. The van der Waals surface area contributed by atoms with Crippen LogP contribution in [0.25, 0.3) is 10.2 Å². The molecule has 2 amide bonds. The third-order valence-corrected chi connectivity index (χ3v) is 5.72. The summed E-state index contributed by atoms with van der Waals surface area (Å²) in [6, 6.07) is 0.801. The Morgan fingerprint density at radius 2 is 1.88 bits per heavy atom. The van der Waals surface area contributed by atoms with E-state index in [0.29, 0.717) is 0 Å². The van der Waals surface area contributed by atoms with Gasteiger partial charge in [-0.3, -0.25) is 4.79 Å². The van der Waals surface area contributed by atoms with Crippen LogP contribution in [0.4, 0.5) is 18.0 Å². The first-order valence-electron chi connectivity index (χ1n) is 9.73. The molecule has 2 atom stereocenters. The lowest BCUT2D eigenvalue weighted by Gasteiger charge is -2.24. The predicted octanol–water partition coefficient (Wildman–Crippen LogP) is 3.69. The number of aromatic nitrogens is 1. The highest BCUT2D eigenvalue weighted by Crippen LogP contribution is 2.40. The minimum Gasteiger partial charge on any atom is -0.470 e. The quantitative estimate of drug-likeness (QED) is 0.726. The van der Waals surface area contributed by atoms with Crippen LogP contribution in [0.5, 0.6) is 5.88 Å². The SMILES string of the molecule is CNC(=O)c1csc2c(C(F)(F)F)cc(O[C@@H]3CN(C(=O)OC(C)(C)C)C[C@H]3OC)nc12. The van der Waals surface area contributed by atoms with E-state index in [0.717, 1.165) is 17.4 Å². The van der Waals surface area contributed by atoms with E-state index < -0.39 is 41.5 Å². The lowest BCUT2D eigenvalue weighted by molar-refractivity contribution is -0.136. The van der Waals surface area contributed by atoms with E-state index in [9.17, 15) is 22.8 Å². The van der Waals surface area contributed by atoms with Gasteiger partial charge in [0.25, 0.3) is 5.91 Å². The van der Waals surface area contributed by atoms with Gasteiger partial charge in [0.05, 0.1) is 34.4 Å². The Bertz CT molecular complexity index is 1020. The van der Waals surface area contributed by atoms with Crippen molar-refractivity contribution < 1.29 is 37.0 Å². The monoisotopic (exact) mass is 475 g/mol. The number of fused-ring (bicyclic) bond motifs is 1. The first-order chi connectivity index (χ1) is 14.8. The molecule has 0 aliphatic carbocycles. The van der Waals surface area contributed by atoms with Gasteiger partial charge < -0.3 is 24.4 Å². The van der Waals surface area contributed by atoms with Crippen molar-refractivity contribution in [2.75, 3.05) is 27.2 Å². The second kappa shape index (κ2) is 8.74. The van der Waals surface area contributed by atoms with E-state index in [4.69, 9.17) is 14.2 Å². The third kappa shape index (κ3) is 5.07. The van der Waals surface area contributed by atoms with Crippen LogP contribution in [-0.2, 0) is 15.7 Å². The van der Waals surface area contributed by atoms with E-state index in [1.165, 1.54) is 24.4 Å². The van der Waals surface area contributed by atoms with Gasteiger partial charge in [0.1, 0.15) is 17.8 Å². The number of likely N-dealkylation sites (tertiary alicyclic amines) is 1. The molecule has 1 saturated heterocycles. The molecule has 2 aromatic rings. The molecule has 1 N–H and O–H groups in total. The number of nitrogens with zero attached hydrogens (tertiary/aromatic N) is 2. The largest absolute Gasteiger partial charge is 0.470 e. The maximum atomic E-state index is 13.7. The number of hydrogen-bond donors (Lipinski definition) is 1. The van der Waals surface area contributed by atoms with Crippen LogP contribution < -0.4 is 10.1 Å². The zero-order valence-electron chi connectivity index (χ0n) is 18.2. The number of thiophene rings is 1. The van der Waals surface area contributed by atoms with Gasteiger partial charge >= 0.3 is 12.3 Å². The van der Waals surface area contributed by atoms with Crippen molar-refractivity contribution >= 4 is 33.6 Å². The van der Waals surface area contributed by atoms with Gasteiger partial charge in [-0.25, -0.2) is 9.78 Å². The maximum absolute atomic E-state index is 13.7. The molecule has 0 spiro atoms. The predicted molar refractivity (Wildman–Crippen MR) is 111 cm³/mol. The van der Waals surface area contributed by atoms with E-state index in [1.54, 1.807) is 20.8 Å². The average Bonchev–Trinajstić information content (AvgIpc) is 3.28. The molecule has 0 saturated carbocycles. The molecule has 0 unspecified atom stereocenters. The van der Waals surface area contributed by atoms with Crippen LogP contribution in [0.15, 0.2) is 11.4 Å². The van der Waals surface area contributed by atoms with Crippen molar-refractivity contribution in [1.29, 1.82) is 0 Å². The number of hydrogen-bond acceptors (Lipinski definition) is 7. The summed E-state index contributed by atoms with van der Waals surface area (Å²) in [6.45, 7) is 5.37. The molecule has 3 heterocycles. The molecule has 8 nitrogen and oxygen atoms in total. The fourth-order valence-corrected chi connectivity index (χ4v) is 4.29. The van der Waals surface area contributed by atoms with Crippen LogP contribution in [0, 0.1) is 0 Å². The second-order valence-electron chi connectivity index (χ2n) is 8.23. The van der Waals surface area contributed by atoms with Crippen molar-refractivity contribution in [2.24, 2.45) is 0 Å². The first-order valence-corrected chi connectivity index (χ1v) is 10.6. The van der Waals surface area contributed by atoms with Crippen LogP contribution in [-0.4, -0.2) is 66.9 Å². The van der Waals surface area contributed by atoms with Gasteiger partial charge in [-0.15, -0.1) is 11.3 Å². The molecule has 0 bridgehead atoms. The zero-order chi connectivity index (χ0) is 23.8. The summed E-state index contributed by atoms with van der Waals surface area (Å²) in [5, 5.41) is 3.72. The van der Waals surface area contributed by atoms with Gasteiger partial charge in [0, 0.05) is 25.6 Å². The third-order valence-electron chi connectivity index (χ3n) is 4.72. The van der Waals surface area contributed by atoms with Gasteiger partial charge in [0.2, 0.25) is 5.88 Å². The lowest BCUT2D eigenvalue weighted by Crippen LogP contribution is -2.36. The van der Waals surface area contributed by atoms with E-state index in [2.05, 4.69) is 10.3 Å². The van der Waals surface area contributed by atoms with Crippen LogP contribution in [0.2, 0.25) is 0 Å². The molecule has 32 heavy (non-hydrogen) atoms. The molecule has 12 heteroatoms. The number of nitrogens with one attached hydrogen (secondary N) is 1.